The second kappa shape index (κ2) is 5.02. The van der Waals surface area contributed by atoms with E-state index in [0.29, 0.717) is 6.54 Å². The molecule has 0 fully saturated rings. The van der Waals surface area contributed by atoms with Gasteiger partial charge >= 0.3 is 5.97 Å². The molecule has 0 saturated carbocycles. The molecule has 0 atom stereocenters. The standard InChI is InChI=1S/C14H10N2O4S/c17-14(18)12-5-10(16(19)20)7-15(12)6-9-8-21-13-4-2-1-3-11(9)13/h1-5,7-8H,6H2,(H,17,18). The molecule has 7 heteroatoms. The summed E-state index contributed by atoms with van der Waals surface area (Å²) < 4.78 is 2.50. The fourth-order valence-electron chi connectivity index (χ4n) is 2.24. The van der Waals surface area contributed by atoms with Gasteiger partial charge in [-0.05, 0) is 22.4 Å². The minimum atomic E-state index is -1.18. The lowest BCUT2D eigenvalue weighted by Gasteiger charge is -2.04. The molecular weight excluding hydrogens is 292 g/mol. The molecule has 0 aliphatic carbocycles. The van der Waals surface area contributed by atoms with E-state index in [1.54, 1.807) is 11.3 Å². The molecule has 3 aromatic rings. The summed E-state index contributed by atoms with van der Waals surface area (Å²) in [5, 5.41) is 23.0. The Hall–Kier alpha value is -2.67. The van der Waals surface area contributed by atoms with Crippen LogP contribution >= 0.6 is 11.3 Å². The summed E-state index contributed by atoms with van der Waals surface area (Å²) in [4.78, 5) is 21.4. The number of nitrogens with zero attached hydrogens (tertiary/aromatic N) is 2. The van der Waals surface area contributed by atoms with E-state index >= 15 is 0 Å². The number of aromatic nitrogens is 1. The van der Waals surface area contributed by atoms with E-state index in [-0.39, 0.29) is 11.4 Å². The zero-order valence-corrected chi connectivity index (χ0v) is 11.5. The summed E-state index contributed by atoms with van der Waals surface area (Å²) in [6.45, 7) is 0.291. The zero-order chi connectivity index (χ0) is 15.0. The van der Waals surface area contributed by atoms with Gasteiger partial charge in [-0.25, -0.2) is 4.79 Å². The number of carbonyl (C=O) groups is 1. The van der Waals surface area contributed by atoms with Crippen LogP contribution in [-0.4, -0.2) is 20.6 Å². The van der Waals surface area contributed by atoms with Crippen LogP contribution in [0.4, 0.5) is 5.69 Å². The highest BCUT2D eigenvalue weighted by molar-refractivity contribution is 7.17. The van der Waals surface area contributed by atoms with Crippen LogP contribution in [0.25, 0.3) is 10.1 Å². The SMILES string of the molecule is O=C(O)c1cc([N+](=O)[O-])cn1Cc1csc2ccccc12. The van der Waals surface area contributed by atoms with Crippen molar-refractivity contribution in [1.82, 2.24) is 4.57 Å². The number of hydrogen-bond donors (Lipinski definition) is 1. The molecule has 0 unspecified atom stereocenters. The van der Waals surface area contributed by atoms with Gasteiger partial charge in [0.2, 0.25) is 0 Å². The van der Waals surface area contributed by atoms with Crippen molar-refractivity contribution in [2.45, 2.75) is 6.54 Å². The van der Waals surface area contributed by atoms with Crippen LogP contribution in [0.15, 0.2) is 41.9 Å². The van der Waals surface area contributed by atoms with Crippen LogP contribution in [0, 0.1) is 10.1 Å². The maximum Gasteiger partial charge on any atom is 0.352 e. The van der Waals surface area contributed by atoms with Crippen LogP contribution in [0.3, 0.4) is 0 Å². The van der Waals surface area contributed by atoms with Crippen LogP contribution in [0.2, 0.25) is 0 Å². The van der Waals surface area contributed by atoms with E-state index in [1.165, 1.54) is 10.8 Å². The minimum Gasteiger partial charge on any atom is -0.477 e. The Balaban J connectivity index is 2.05. The second-order valence-electron chi connectivity index (χ2n) is 4.53. The number of hydrogen-bond acceptors (Lipinski definition) is 4. The number of rotatable bonds is 4. The highest BCUT2D eigenvalue weighted by atomic mass is 32.1. The number of aromatic carboxylic acids is 1. The third-order valence-corrected chi connectivity index (χ3v) is 4.23. The summed E-state index contributed by atoms with van der Waals surface area (Å²) >= 11 is 1.57. The highest BCUT2D eigenvalue weighted by Gasteiger charge is 2.19. The Morgan fingerprint density at radius 3 is 2.86 bits per heavy atom. The molecular formula is C14H10N2O4S. The number of carboxylic acids is 1. The van der Waals surface area contributed by atoms with Crippen molar-refractivity contribution >= 4 is 33.1 Å². The second-order valence-corrected chi connectivity index (χ2v) is 5.44. The number of carboxylic acid groups (broad SMARTS) is 1. The van der Waals surface area contributed by atoms with Gasteiger partial charge in [0.25, 0.3) is 5.69 Å². The van der Waals surface area contributed by atoms with Crippen molar-refractivity contribution in [2.75, 3.05) is 0 Å². The lowest BCUT2D eigenvalue weighted by atomic mass is 10.2. The Kier molecular flexibility index (Phi) is 3.19. The van der Waals surface area contributed by atoms with Crippen molar-refractivity contribution in [3.05, 3.63) is 63.3 Å². The smallest absolute Gasteiger partial charge is 0.352 e. The average Bonchev–Trinajstić information content (AvgIpc) is 3.04. The van der Waals surface area contributed by atoms with Gasteiger partial charge in [0.05, 0.1) is 11.1 Å². The number of benzene rings is 1. The zero-order valence-electron chi connectivity index (χ0n) is 10.7. The Morgan fingerprint density at radius 1 is 1.38 bits per heavy atom. The molecule has 0 saturated heterocycles. The third-order valence-electron chi connectivity index (χ3n) is 3.21. The lowest BCUT2D eigenvalue weighted by Crippen LogP contribution is -2.08. The summed E-state index contributed by atoms with van der Waals surface area (Å²) in [5.41, 5.74) is 0.646. The quantitative estimate of drug-likeness (QED) is 0.591. The summed E-state index contributed by atoms with van der Waals surface area (Å²) in [6, 6.07) is 8.87. The fourth-order valence-corrected chi connectivity index (χ4v) is 3.20. The summed E-state index contributed by atoms with van der Waals surface area (Å²) in [6.07, 6.45) is 1.26. The van der Waals surface area contributed by atoms with Gasteiger partial charge in [-0.1, -0.05) is 18.2 Å². The molecule has 2 heterocycles. The maximum atomic E-state index is 11.2. The monoisotopic (exact) mass is 302 g/mol. The van der Waals surface area contributed by atoms with Gasteiger partial charge in [-0.2, -0.15) is 0 Å². The van der Waals surface area contributed by atoms with E-state index in [4.69, 9.17) is 5.11 Å². The molecule has 1 N–H and O–H groups in total. The van der Waals surface area contributed by atoms with Crippen molar-refractivity contribution in [1.29, 1.82) is 0 Å². The largest absolute Gasteiger partial charge is 0.477 e. The van der Waals surface area contributed by atoms with Crippen molar-refractivity contribution in [2.24, 2.45) is 0 Å². The van der Waals surface area contributed by atoms with Crippen molar-refractivity contribution in [3.63, 3.8) is 0 Å². The first-order valence-electron chi connectivity index (χ1n) is 6.09. The van der Waals surface area contributed by atoms with E-state index in [0.717, 1.165) is 21.7 Å². The topological polar surface area (TPSA) is 85.4 Å². The molecule has 0 radical (unpaired) electrons. The average molecular weight is 302 g/mol. The van der Waals surface area contributed by atoms with Crippen LogP contribution in [-0.2, 0) is 6.54 Å². The van der Waals surface area contributed by atoms with Gasteiger partial charge < -0.3 is 9.67 Å². The van der Waals surface area contributed by atoms with Gasteiger partial charge in [0, 0.05) is 17.3 Å². The first-order valence-corrected chi connectivity index (χ1v) is 6.97. The molecule has 2 aromatic heterocycles. The van der Waals surface area contributed by atoms with E-state index in [1.807, 2.05) is 29.6 Å². The first-order chi connectivity index (χ1) is 10.1. The Morgan fingerprint density at radius 2 is 2.14 bits per heavy atom. The Labute approximate surface area is 123 Å². The normalized spacial score (nSPS) is 10.9. The molecule has 0 amide bonds. The van der Waals surface area contributed by atoms with E-state index < -0.39 is 10.9 Å². The molecule has 0 spiro atoms. The van der Waals surface area contributed by atoms with E-state index in [2.05, 4.69) is 0 Å². The maximum absolute atomic E-state index is 11.2. The molecule has 0 aliphatic rings. The molecule has 1 aromatic carbocycles. The summed E-state index contributed by atoms with van der Waals surface area (Å²) in [7, 11) is 0. The number of thiophene rings is 1. The van der Waals surface area contributed by atoms with Crippen LogP contribution < -0.4 is 0 Å². The van der Waals surface area contributed by atoms with Gasteiger partial charge in [-0.15, -0.1) is 11.3 Å². The molecule has 106 valence electrons. The fraction of sp³-hybridized carbons (Fsp3) is 0.0714. The predicted octanol–water partition coefficient (Wildman–Crippen LogP) is 3.36. The molecule has 3 rings (SSSR count). The minimum absolute atomic E-state index is 0.0861. The number of nitro groups is 1. The van der Waals surface area contributed by atoms with Gasteiger partial charge in [0.1, 0.15) is 5.69 Å². The van der Waals surface area contributed by atoms with Crippen molar-refractivity contribution < 1.29 is 14.8 Å². The Bertz CT molecular complexity index is 850. The van der Waals surface area contributed by atoms with Gasteiger partial charge in [0.15, 0.2) is 0 Å². The van der Waals surface area contributed by atoms with E-state index in [9.17, 15) is 14.9 Å². The highest BCUT2D eigenvalue weighted by Crippen LogP contribution is 2.27. The first kappa shape index (κ1) is 13.3. The summed E-state index contributed by atoms with van der Waals surface area (Å²) in [5.74, 6) is -1.18. The molecule has 0 bridgehead atoms. The number of fused-ring (bicyclic) bond motifs is 1. The lowest BCUT2D eigenvalue weighted by molar-refractivity contribution is -0.384. The van der Waals surface area contributed by atoms with Crippen LogP contribution in [0.1, 0.15) is 16.1 Å². The molecule has 21 heavy (non-hydrogen) atoms. The van der Waals surface area contributed by atoms with Crippen molar-refractivity contribution in [3.8, 4) is 0 Å². The predicted molar refractivity (Wildman–Crippen MR) is 79.0 cm³/mol. The third kappa shape index (κ3) is 2.38. The molecule has 6 nitrogen and oxygen atoms in total. The molecule has 0 aliphatic heterocycles. The van der Waals surface area contributed by atoms with Crippen LogP contribution in [0.5, 0.6) is 0 Å². The van der Waals surface area contributed by atoms with Gasteiger partial charge in [-0.3, -0.25) is 10.1 Å².